The summed E-state index contributed by atoms with van der Waals surface area (Å²) >= 11 is 0. The van der Waals surface area contributed by atoms with Crippen molar-refractivity contribution >= 4 is 0 Å². The minimum absolute atomic E-state index is 0.237. The summed E-state index contributed by atoms with van der Waals surface area (Å²) in [5, 5.41) is 0. The SMILES string of the molecule is COc1ccc(-c2cc(-c3ccc4c(c3)OCO4)nc(-c3ccc4c(c3)OCO4)c2)cc1. The molecule has 0 unspecified atom stereocenters. The Labute approximate surface area is 184 Å². The van der Waals surface area contributed by atoms with E-state index in [2.05, 4.69) is 12.1 Å². The lowest BCUT2D eigenvalue weighted by Crippen LogP contribution is -1.93. The highest BCUT2D eigenvalue weighted by molar-refractivity contribution is 5.78. The van der Waals surface area contributed by atoms with Gasteiger partial charge in [-0.1, -0.05) is 12.1 Å². The zero-order chi connectivity index (χ0) is 21.5. The summed E-state index contributed by atoms with van der Waals surface area (Å²) in [6.07, 6.45) is 0. The molecule has 3 heterocycles. The Hall–Kier alpha value is -4.19. The smallest absolute Gasteiger partial charge is 0.231 e. The molecule has 2 aliphatic heterocycles. The first-order chi connectivity index (χ1) is 15.8. The van der Waals surface area contributed by atoms with Gasteiger partial charge in [0.25, 0.3) is 0 Å². The van der Waals surface area contributed by atoms with Crippen molar-refractivity contribution in [3.63, 3.8) is 0 Å². The van der Waals surface area contributed by atoms with Crippen molar-refractivity contribution in [1.82, 2.24) is 4.98 Å². The van der Waals surface area contributed by atoms with Crippen molar-refractivity contribution in [3.8, 4) is 62.4 Å². The fraction of sp³-hybridized carbons (Fsp3) is 0.115. The molecule has 0 fully saturated rings. The maximum absolute atomic E-state index is 5.57. The van der Waals surface area contributed by atoms with Gasteiger partial charge in [-0.15, -0.1) is 0 Å². The van der Waals surface area contributed by atoms with Crippen LogP contribution < -0.4 is 23.7 Å². The number of hydrogen-bond donors (Lipinski definition) is 0. The predicted octanol–water partition coefficient (Wildman–Crippen LogP) is 5.55. The van der Waals surface area contributed by atoms with Gasteiger partial charge in [-0.05, 0) is 71.8 Å². The van der Waals surface area contributed by atoms with Crippen molar-refractivity contribution < 1.29 is 23.7 Å². The van der Waals surface area contributed by atoms with E-state index < -0.39 is 0 Å². The fourth-order valence-electron chi connectivity index (χ4n) is 3.89. The number of fused-ring (bicyclic) bond motifs is 2. The number of pyridine rings is 1. The average molecular weight is 425 g/mol. The zero-order valence-corrected chi connectivity index (χ0v) is 17.3. The van der Waals surface area contributed by atoms with E-state index in [0.29, 0.717) is 0 Å². The monoisotopic (exact) mass is 425 g/mol. The summed E-state index contributed by atoms with van der Waals surface area (Å²) < 4.78 is 27.4. The number of hydrogen-bond acceptors (Lipinski definition) is 6. The molecule has 6 heteroatoms. The molecule has 0 saturated heterocycles. The standard InChI is InChI=1S/C26H19NO5/c1-28-20-6-2-16(3-7-20)19-10-21(17-4-8-23-25(12-17)31-14-29-23)27-22(11-19)18-5-9-24-26(13-18)32-15-30-24/h2-13H,14-15H2,1H3. The molecule has 158 valence electrons. The molecule has 0 saturated carbocycles. The van der Waals surface area contributed by atoms with Crippen molar-refractivity contribution in [2.45, 2.75) is 0 Å². The van der Waals surface area contributed by atoms with Gasteiger partial charge in [-0.25, -0.2) is 4.98 Å². The van der Waals surface area contributed by atoms with E-state index in [9.17, 15) is 0 Å². The second-order valence-electron chi connectivity index (χ2n) is 7.49. The second-order valence-corrected chi connectivity index (χ2v) is 7.49. The van der Waals surface area contributed by atoms with Crippen LogP contribution >= 0.6 is 0 Å². The third-order valence-electron chi connectivity index (χ3n) is 5.59. The van der Waals surface area contributed by atoms with Crippen molar-refractivity contribution in [2.75, 3.05) is 20.7 Å². The highest BCUT2D eigenvalue weighted by Gasteiger charge is 2.18. The van der Waals surface area contributed by atoms with E-state index in [-0.39, 0.29) is 13.6 Å². The number of ether oxygens (including phenoxy) is 5. The van der Waals surface area contributed by atoms with E-state index in [4.69, 9.17) is 28.7 Å². The largest absolute Gasteiger partial charge is 0.497 e. The Morgan fingerprint density at radius 3 is 1.59 bits per heavy atom. The lowest BCUT2D eigenvalue weighted by atomic mass is 9.99. The molecule has 0 aliphatic carbocycles. The van der Waals surface area contributed by atoms with Crippen LogP contribution in [0.25, 0.3) is 33.6 Å². The molecule has 0 spiro atoms. The molecule has 0 bridgehead atoms. The van der Waals surface area contributed by atoms with Gasteiger partial charge >= 0.3 is 0 Å². The van der Waals surface area contributed by atoms with Gasteiger partial charge in [-0.3, -0.25) is 0 Å². The van der Waals surface area contributed by atoms with Gasteiger partial charge in [0.05, 0.1) is 18.5 Å². The van der Waals surface area contributed by atoms with Crippen LogP contribution in [0.5, 0.6) is 28.7 Å². The molecule has 0 N–H and O–H groups in total. The van der Waals surface area contributed by atoms with Crippen molar-refractivity contribution in [1.29, 1.82) is 0 Å². The molecule has 3 aromatic carbocycles. The topological polar surface area (TPSA) is 59.0 Å². The maximum atomic E-state index is 5.57. The maximum Gasteiger partial charge on any atom is 0.231 e. The molecular weight excluding hydrogens is 406 g/mol. The lowest BCUT2D eigenvalue weighted by Gasteiger charge is -2.11. The third-order valence-corrected chi connectivity index (χ3v) is 5.59. The molecule has 4 aromatic rings. The molecule has 0 amide bonds. The molecule has 2 aliphatic rings. The summed E-state index contributed by atoms with van der Waals surface area (Å²) in [5.41, 5.74) is 5.69. The summed E-state index contributed by atoms with van der Waals surface area (Å²) in [6, 6.07) is 23.9. The second kappa shape index (κ2) is 7.50. The summed E-state index contributed by atoms with van der Waals surface area (Å²) in [6.45, 7) is 0.473. The first-order valence-corrected chi connectivity index (χ1v) is 10.2. The van der Waals surface area contributed by atoms with Gasteiger partial charge in [0.15, 0.2) is 23.0 Å². The van der Waals surface area contributed by atoms with Crippen LogP contribution in [0.1, 0.15) is 0 Å². The Balaban J connectivity index is 1.49. The quantitative estimate of drug-likeness (QED) is 0.427. The predicted molar refractivity (Wildman–Crippen MR) is 119 cm³/mol. The molecular formula is C26H19NO5. The molecule has 6 rings (SSSR count). The Kier molecular flexibility index (Phi) is 4.35. The van der Waals surface area contributed by atoms with E-state index in [1.165, 1.54) is 0 Å². The molecule has 0 radical (unpaired) electrons. The third kappa shape index (κ3) is 3.26. The van der Waals surface area contributed by atoms with Crippen LogP contribution in [-0.2, 0) is 0 Å². The van der Waals surface area contributed by atoms with Gasteiger partial charge in [0, 0.05) is 11.1 Å². The summed E-state index contributed by atoms with van der Waals surface area (Å²) in [7, 11) is 1.66. The van der Waals surface area contributed by atoms with Gasteiger partial charge in [0.1, 0.15) is 5.75 Å². The summed E-state index contributed by atoms with van der Waals surface area (Å²) in [5.74, 6) is 3.76. The number of benzene rings is 3. The zero-order valence-electron chi connectivity index (χ0n) is 17.3. The van der Waals surface area contributed by atoms with Gasteiger partial charge < -0.3 is 23.7 Å². The van der Waals surface area contributed by atoms with Crippen LogP contribution in [0.4, 0.5) is 0 Å². The number of nitrogens with zero attached hydrogens (tertiary/aromatic N) is 1. The highest BCUT2D eigenvalue weighted by atomic mass is 16.7. The van der Waals surface area contributed by atoms with E-state index >= 15 is 0 Å². The Morgan fingerprint density at radius 1 is 0.562 bits per heavy atom. The summed E-state index contributed by atoms with van der Waals surface area (Å²) in [4.78, 5) is 4.97. The minimum Gasteiger partial charge on any atom is -0.497 e. The Morgan fingerprint density at radius 2 is 1.06 bits per heavy atom. The molecule has 0 atom stereocenters. The van der Waals surface area contributed by atoms with Crippen LogP contribution in [-0.4, -0.2) is 25.7 Å². The van der Waals surface area contributed by atoms with Crippen molar-refractivity contribution in [2.24, 2.45) is 0 Å². The van der Waals surface area contributed by atoms with Gasteiger partial charge in [0.2, 0.25) is 13.6 Å². The van der Waals surface area contributed by atoms with Crippen LogP contribution in [0.2, 0.25) is 0 Å². The molecule has 1 aromatic heterocycles. The normalized spacial score (nSPS) is 13.3. The average Bonchev–Trinajstić information content (AvgIpc) is 3.52. The first-order valence-electron chi connectivity index (χ1n) is 10.2. The van der Waals surface area contributed by atoms with E-state index in [1.807, 2.05) is 60.7 Å². The van der Waals surface area contributed by atoms with Crippen molar-refractivity contribution in [3.05, 3.63) is 72.8 Å². The first kappa shape index (κ1) is 18.6. The number of methoxy groups -OCH3 is 1. The number of aromatic nitrogens is 1. The number of rotatable bonds is 4. The van der Waals surface area contributed by atoms with Crippen LogP contribution in [0, 0.1) is 0 Å². The van der Waals surface area contributed by atoms with E-state index in [1.54, 1.807) is 7.11 Å². The van der Waals surface area contributed by atoms with Gasteiger partial charge in [-0.2, -0.15) is 0 Å². The Bertz CT molecular complexity index is 1240. The van der Waals surface area contributed by atoms with Crippen LogP contribution in [0.3, 0.4) is 0 Å². The van der Waals surface area contributed by atoms with E-state index in [0.717, 1.165) is 62.4 Å². The molecule has 6 nitrogen and oxygen atoms in total. The highest BCUT2D eigenvalue weighted by Crippen LogP contribution is 2.39. The molecule has 32 heavy (non-hydrogen) atoms. The lowest BCUT2D eigenvalue weighted by molar-refractivity contribution is 0.173. The van der Waals surface area contributed by atoms with Crippen LogP contribution in [0.15, 0.2) is 72.8 Å². The fourth-order valence-corrected chi connectivity index (χ4v) is 3.89. The minimum atomic E-state index is 0.237.